The lowest BCUT2D eigenvalue weighted by Crippen LogP contribution is -2.43. The summed E-state index contributed by atoms with van der Waals surface area (Å²) in [4.78, 5) is 22.3. The van der Waals surface area contributed by atoms with Crippen molar-refractivity contribution in [2.45, 2.75) is 12.8 Å². The number of carbonyl (C=O) groups excluding carboxylic acids is 2. The molecule has 1 aromatic carbocycles. The molecule has 0 heterocycles. The average molecular weight is 387 g/mol. The van der Waals surface area contributed by atoms with E-state index in [4.69, 9.17) is 0 Å². The topological polar surface area (TPSA) is 55.4 Å². The Morgan fingerprint density at radius 3 is 2.63 bits per heavy atom. The maximum atomic E-state index is 13.3. The summed E-state index contributed by atoms with van der Waals surface area (Å²) in [5, 5.41) is 1.79. The lowest BCUT2D eigenvalue weighted by atomic mass is 10.2. The molecule has 0 radical (unpaired) electrons. The summed E-state index contributed by atoms with van der Waals surface area (Å²) in [5.41, 5.74) is -0.144. The molecule has 0 aromatic heterocycles. The molecule has 104 valence electrons. The number of rotatable bonds is 4. The first-order valence-corrected chi connectivity index (χ1v) is 6.19. The van der Waals surface area contributed by atoms with E-state index in [9.17, 15) is 22.8 Å². The van der Waals surface area contributed by atoms with Crippen molar-refractivity contribution in [1.29, 1.82) is 0 Å². The van der Waals surface area contributed by atoms with Crippen LogP contribution in [0.25, 0.3) is 0 Å². The summed E-state index contributed by atoms with van der Waals surface area (Å²) >= 11 is 1.55. The van der Waals surface area contributed by atoms with Crippen molar-refractivity contribution in [2.24, 2.45) is 0 Å². The maximum absolute atomic E-state index is 13.3. The third-order valence-corrected chi connectivity index (χ3v) is 3.11. The molecule has 1 N–H and O–H groups in total. The summed E-state index contributed by atoms with van der Waals surface area (Å²) in [6, 6.07) is 3.60. The van der Waals surface area contributed by atoms with Crippen LogP contribution in [-0.2, 0) is 14.3 Å². The van der Waals surface area contributed by atoms with Crippen LogP contribution in [0, 0.1) is 9.39 Å². The molecule has 0 aliphatic rings. The molecule has 0 spiro atoms. The number of hydrogen-bond donors (Lipinski definition) is 1. The van der Waals surface area contributed by atoms with Gasteiger partial charge in [0.15, 0.2) is 0 Å². The molecule has 0 unspecified atom stereocenters. The second-order valence-corrected chi connectivity index (χ2v) is 4.43. The van der Waals surface area contributed by atoms with Gasteiger partial charge in [-0.25, -0.2) is 9.18 Å². The fraction of sp³-hybridized carbons (Fsp3) is 0.273. The van der Waals surface area contributed by atoms with Gasteiger partial charge in [0.1, 0.15) is 5.82 Å². The van der Waals surface area contributed by atoms with Crippen molar-refractivity contribution in [2.75, 3.05) is 11.9 Å². The van der Waals surface area contributed by atoms with Crippen LogP contribution in [-0.4, -0.2) is 24.4 Å². The normalized spacial score (nSPS) is 11.0. The number of esters is 1. The summed E-state index contributed by atoms with van der Waals surface area (Å²) in [7, 11) is 0. The number of benzene rings is 1. The highest BCUT2D eigenvalue weighted by atomic mass is 127. The van der Waals surface area contributed by atoms with Gasteiger partial charge in [0.2, 0.25) is 0 Å². The van der Waals surface area contributed by atoms with Crippen LogP contribution in [0.3, 0.4) is 0 Å². The van der Waals surface area contributed by atoms with E-state index in [1.165, 1.54) is 19.1 Å². The van der Waals surface area contributed by atoms with E-state index in [0.29, 0.717) is 0 Å². The minimum atomic E-state index is -4.33. The fourth-order valence-electron chi connectivity index (χ4n) is 1.12. The molecule has 0 saturated heterocycles. The molecule has 1 rings (SSSR count). The highest BCUT2D eigenvalue weighted by molar-refractivity contribution is 14.1. The molecule has 4 nitrogen and oxygen atoms in total. The van der Waals surface area contributed by atoms with Crippen LogP contribution in [0.4, 0.5) is 18.9 Å². The molecule has 8 heteroatoms. The SMILES string of the molecule is CCOC(=O)C(F)(F)C(=O)Nc1cccc(F)c1I. The number of nitrogens with one attached hydrogen (secondary N) is 1. The molecule has 1 amide bonds. The molecule has 0 saturated carbocycles. The van der Waals surface area contributed by atoms with Crippen LogP contribution >= 0.6 is 22.6 Å². The first kappa shape index (κ1) is 15.7. The molecule has 0 atom stereocenters. The van der Waals surface area contributed by atoms with E-state index in [1.807, 2.05) is 0 Å². The number of ether oxygens (including phenoxy) is 1. The zero-order chi connectivity index (χ0) is 14.6. The Kier molecular flexibility index (Phi) is 5.15. The van der Waals surface area contributed by atoms with E-state index in [-0.39, 0.29) is 15.9 Å². The fourth-order valence-corrected chi connectivity index (χ4v) is 1.61. The van der Waals surface area contributed by atoms with E-state index in [2.05, 4.69) is 4.74 Å². The van der Waals surface area contributed by atoms with Crippen LogP contribution < -0.4 is 5.32 Å². The first-order valence-electron chi connectivity index (χ1n) is 5.11. The zero-order valence-corrected chi connectivity index (χ0v) is 11.8. The van der Waals surface area contributed by atoms with E-state index >= 15 is 0 Å². The Bertz CT molecular complexity index is 508. The van der Waals surface area contributed by atoms with Gasteiger partial charge in [-0.15, -0.1) is 0 Å². The predicted octanol–water partition coefficient (Wildman–Crippen LogP) is 2.57. The van der Waals surface area contributed by atoms with Gasteiger partial charge in [0, 0.05) is 0 Å². The lowest BCUT2D eigenvalue weighted by Gasteiger charge is -2.15. The highest BCUT2D eigenvalue weighted by Crippen LogP contribution is 2.24. The van der Waals surface area contributed by atoms with Crippen molar-refractivity contribution in [1.82, 2.24) is 0 Å². The number of halogens is 4. The number of carbonyl (C=O) groups is 2. The minimum Gasteiger partial charge on any atom is -0.461 e. The lowest BCUT2D eigenvalue weighted by molar-refractivity contribution is -0.175. The molecular formula is C11H9F3INO3. The number of amides is 1. The smallest absolute Gasteiger partial charge is 0.419 e. The molecule has 19 heavy (non-hydrogen) atoms. The van der Waals surface area contributed by atoms with E-state index in [0.717, 1.165) is 6.07 Å². The summed E-state index contributed by atoms with van der Waals surface area (Å²) in [5.74, 6) is -8.81. The third kappa shape index (κ3) is 3.58. The van der Waals surface area contributed by atoms with Gasteiger partial charge in [-0.2, -0.15) is 8.78 Å². The van der Waals surface area contributed by atoms with Crippen LogP contribution in [0.1, 0.15) is 6.92 Å². The van der Waals surface area contributed by atoms with Gasteiger partial charge in [-0.05, 0) is 41.6 Å². The zero-order valence-electron chi connectivity index (χ0n) is 9.68. The summed E-state index contributed by atoms with van der Waals surface area (Å²) in [6.45, 7) is 1.06. The highest BCUT2D eigenvalue weighted by Gasteiger charge is 2.49. The molecule has 1 aromatic rings. The van der Waals surface area contributed by atoms with Crippen LogP contribution in [0.5, 0.6) is 0 Å². The quantitative estimate of drug-likeness (QED) is 0.491. The van der Waals surface area contributed by atoms with Crippen molar-refractivity contribution >= 4 is 40.2 Å². The van der Waals surface area contributed by atoms with Gasteiger partial charge in [0.25, 0.3) is 0 Å². The van der Waals surface area contributed by atoms with Crippen molar-refractivity contribution in [3.05, 3.63) is 27.6 Å². The molecule has 0 aliphatic heterocycles. The Balaban J connectivity index is 2.90. The van der Waals surface area contributed by atoms with Gasteiger partial charge < -0.3 is 10.1 Å². The first-order chi connectivity index (χ1) is 8.80. The maximum Gasteiger partial charge on any atom is 0.419 e. The van der Waals surface area contributed by atoms with Crippen LogP contribution in [0.2, 0.25) is 0 Å². The molecule has 0 bridgehead atoms. The second kappa shape index (κ2) is 6.22. The van der Waals surface area contributed by atoms with E-state index < -0.39 is 23.6 Å². The van der Waals surface area contributed by atoms with Gasteiger partial charge in [-0.3, -0.25) is 4.79 Å². The Hall–Kier alpha value is -1.32. The average Bonchev–Trinajstić information content (AvgIpc) is 2.35. The van der Waals surface area contributed by atoms with Gasteiger partial charge in [0.05, 0.1) is 15.9 Å². The Morgan fingerprint density at radius 2 is 2.05 bits per heavy atom. The van der Waals surface area contributed by atoms with Crippen molar-refractivity contribution < 1.29 is 27.5 Å². The molecule has 0 fully saturated rings. The van der Waals surface area contributed by atoms with Gasteiger partial charge >= 0.3 is 17.8 Å². The standard InChI is InChI=1S/C11H9F3INO3/c1-2-19-10(18)11(13,14)9(17)16-7-5-3-4-6(12)8(7)15/h3-5H,2H2,1H3,(H,16,17). The Labute approximate surface area is 120 Å². The largest absolute Gasteiger partial charge is 0.461 e. The number of hydrogen-bond acceptors (Lipinski definition) is 3. The second-order valence-electron chi connectivity index (χ2n) is 3.35. The number of alkyl halides is 2. The van der Waals surface area contributed by atoms with E-state index in [1.54, 1.807) is 27.9 Å². The predicted molar refractivity (Wildman–Crippen MR) is 69.3 cm³/mol. The molecular weight excluding hydrogens is 378 g/mol. The minimum absolute atomic E-state index is 0.0342. The Morgan fingerprint density at radius 1 is 1.42 bits per heavy atom. The summed E-state index contributed by atoms with van der Waals surface area (Å²) in [6.07, 6.45) is 0. The summed E-state index contributed by atoms with van der Waals surface area (Å²) < 4.78 is 43.9. The number of anilines is 1. The van der Waals surface area contributed by atoms with Crippen molar-refractivity contribution in [3.8, 4) is 0 Å². The van der Waals surface area contributed by atoms with Crippen LogP contribution in [0.15, 0.2) is 18.2 Å². The van der Waals surface area contributed by atoms with Crippen molar-refractivity contribution in [3.63, 3.8) is 0 Å². The molecule has 0 aliphatic carbocycles. The monoisotopic (exact) mass is 387 g/mol. The van der Waals surface area contributed by atoms with Gasteiger partial charge in [-0.1, -0.05) is 6.07 Å². The third-order valence-electron chi connectivity index (χ3n) is 2.02.